The molecule has 0 bridgehead atoms. The molecule has 3 nitrogen and oxygen atoms in total. The molecule has 1 fully saturated rings. The largest absolute Gasteiger partial charge is 0.476 e. The molecule has 0 spiro atoms. The number of aromatic carboxylic acids is 1. The van der Waals surface area contributed by atoms with E-state index in [0.717, 1.165) is 17.8 Å². The maximum absolute atomic E-state index is 10.6. The van der Waals surface area contributed by atoms with Gasteiger partial charge in [-0.3, -0.25) is 0 Å². The minimum atomic E-state index is -0.919. The van der Waals surface area contributed by atoms with Gasteiger partial charge >= 0.3 is 5.97 Å². The second-order valence-corrected chi connectivity index (χ2v) is 5.38. The lowest BCUT2D eigenvalue weighted by Gasteiger charge is -2.18. The molecule has 5 heteroatoms. The third kappa shape index (κ3) is 2.09. The number of carbonyl (C=O) groups is 1. The Morgan fingerprint density at radius 2 is 2.21 bits per heavy atom. The fourth-order valence-electron chi connectivity index (χ4n) is 1.52. The van der Waals surface area contributed by atoms with Crippen LogP contribution in [0.1, 0.15) is 34.3 Å². The zero-order valence-corrected chi connectivity index (χ0v) is 9.24. The molecule has 1 N–H and O–H groups in total. The normalized spacial score (nSPS) is 18.3. The van der Waals surface area contributed by atoms with Gasteiger partial charge in [0.25, 0.3) is 0 Å². The molecule has 0 unspecified atom stereocenters. The van der Waals surface area contributed by atoms with Crippen LogP contribution in [0.3, 0.4) is 0 Å². The minimum Gasteiger partial charge on any atom is -0.476 e. The smallest absolute Gasteiger partial charge is 0.355 e. The molecular formula is C9H11NO2S2. The molecule has 1 aromatic heterocycles. The summed E-state index contributed by atoms with van der Waals surface area (Å²) >= 11 is 3.45. The average Bonchev–Trinajstić information content (AvgIpc) is 2.68. The monoisotopic (exact) mass is 229 g/mol. The van der Waals surface area contributed by atoms with Crippen molar-refractivity contribution in [3.05, 3.63) is 16.1 Å². The Hall–Kier alpha value is -0.550. The van der Waals surface area contributed by atoms with Crippen LogP contribution in [0.25, 0.3) is 0 Å². The summed E-state index contributed by atoms with van der Waals surface area (Å²) in [6.07, 6.45) is 2.27. The number of hydrogen-bond donors (Lipinski definition) is 1. The van der Waals surface area contributed by atoms with Crippen LogP contribution in [0.4, 0.5) is 0 Å². The van der Waals surface area contributed by atoms with Gasteiger partial charge in [0, 0.05) is 11.3 Å². The highest BCUT2D eigenvalue weighted by Gasteiger charge is 2.20. The van der Waals surface area contributed by atoms with Gasteiger partial charge in [-0.1, -0.05) is 0 Å². The number of nitrogens with zero attached hydrogens (tertiary/aromatic N) is 1. The van der Waals surface area contributed by atoms with Crippen molar-refractivity contribution in [2.24, 2.45) is 0 Å². The quantitative estimate of drug-likeness (QED) is 0.846. The second-order valence-electron chi connectivity index (χ2n) is 3.26. The van der Waals surface area contributed by atoms with E-state index in [2.05, 4.69) is 4.98 Å². The highest BCUT2D eigenvalue weighted by Crippen LogP contribution is 2.33. The van der Waals surface area contributed by atoms with E-state index in [1.165, 1.54) is 22.8 Å². The van der Waals surface area contributed by atoms with Gasteiger partial charge in [-0.2, -0.15) is 11.8 Å². The summed E-state index contributed by atoms with van der Waals surface area (Å²) in [4.78, 5) is 14.8. The Morgan fingerprint density at radius 1 is 1.50 bits per heavy atom. The number of aromatic nitrogens is 1. The van der Waals surface area contributed by atoms with Crippen molar-refractivity contribution in [3.8, 4) is 0 Å². The zero-order chi connectivity index (χ0) is 9.97. The molecule has 14 heavy (non-hydrogen) atoms. The van der Waals surface area contributed by atoms with Crippen LogP contribution in [0, 0.1) is 0 Å². The van der Waals surface area contributed by atoms with Gasteiger partial charge < -0.3 is 5.11 Å². The highest BCUT2D eigenvalue weighted by molar-refractivity contribution is 7.99. The van der Waals surface area contributed by atoms with E-state index in [4.69, 9.17) is 5.11 Å². The molecule has 0 aromatic carbocycles. The summed E-state index contributed by atoms with van der Waals surface area (Å²) in [7, 11) is 0. The van der Waals surface area contributed by atoms with Gasteiger partial charge in [-0.25, -0.2) is 9.78 Å². The fourth-order valence-corrected chi connectivity index (χ4v) is 3.59. The van der Waals surface area contributed by atoms with Gasteiger partial charge in [0.2, 0.25) is 0 Å². The van der Waals surface area contributed by atoms with Gasteiger partial charge in [-0.15, -0.1) is 11.3 Å². The predicted octanol–water partition coefficient (Wildman–Crippen LogP) is 2.45. The Kier molecular flexibility index (Phi) is 3.08. The summed E-state index contributed by atoms with van der Waals surface area (Å²) in [5, 5.41) is 11.4. The van der Waals surface area contributed by atoms with Crippen LogP contribution in [0.15, 0.2) is 5.38 Å². The van der Waals surface area contributed by atoms with Crippen LogP contribution < -0.4 is 0 Å². The van der Waals surface area contributed by atoms with Crippen molar-refractivity contribution in [2.45, 2.75) is 18.8 Å². The van der Waals surface area contributed by atoms with Gasteiger partial charge in [0.1, 0.15) is 0 Å². The highest BCUT2D eigenvalue weighted by atomic mass is 32.2. The standard InChI is InChI=1S/C9H11NO2S2/c11-9(12)7-5-14-8(10-7)6-1-3-13-4-2-6/h5-6H,1-4H2,(H,11,12). The molecule has 1 saturated heterocycles. The van der Waals surface area contributed by atoms with Gasteiger partial charge in [-0.05, 0) is 24.3 Å². The van der Waals surface area contributed by atoms with E-state index < -0.39 is 5.97 Å². The van der Waals surface area contributed by atoms with Crippen molar-refractivity contribution in [1.82, 2.24) is 4.98 Å². The molecule has 1 aliphatic heterocycles. The number of thioether (sulfide) groups is 1. The Morgan fingerprint density at radius 3 is 2.79 bits per heavy atom. The van der Waals surface area contributed by atoms with E-state index in [-0.39, 0.29) is 5.69 Å². The molecular weight excluding hydrogens is 218 g/mol. The first-order valence-electron chi connectivity index (χ1n) is 4.54. The molecule has 0 atom stereocenters. The average molecular weight is 229 g/mol. The molecule has 0 saturated carbocycles. The van der Waals surface area contributed by atoms with Crippen molar-refractivity contribution >= 4 is 29.1 Å². The maximum Gasteiger partial charge on any atom is 0.355 e. The first-order valence-corrected chi connectivity index (χ1v) is 6.57. The molecule has 76 valence electrons. The minimum absolute atomic E-state index is 0.197. The summed E-state index contributed by atoms with van der Waals surface area (Å²) < 4.78 is 0. The van der Waals surface area contributed by atoms with Crippen molar-refractivity contribution < 1.29 is 9.90 Å². The predicted molar refractivity (Wildman–Crippen MR) is 58.4 cm³/mol. The first-order chi connectivity index (χ1) is 6.77. The third-order valence-electron chi connectivity index (χ3n) is 2.31. The van der Waals surface area contributed by atoms with E-state index in [0.29, 0.717) is 5.92 Å². The lowest BCUT2D eigenvalue weighted by atomic mass is 10.0. The number of hydrogen-bond acceptors (Lipinski definition) is 4. The van der Waals surface area contributed by atoms with Crippen molar-refractivity contribution in [3.63, 3.8) is 0 Å². The summed E-state index contributed by atoms with van der Waals surface area (Å²) in [6, 6.07) is 0. The van der Waals surface area contributed by atoms with E-state index in [1.54, 1.807) is 5.38 Å². The number of carboxylic acids is 1. The summed E-state index contributed by atoms with van der Waals surface area (Å²) in [6.45, 7) is 0. The Bertz CT molecular complexity index is 331. The fraction of sp³-hybridized carbons (Fsp3) is 0.556. The molecule has 0 amide bonds. The van der Waals surface area contributed by atoms with Crippen LogP contribution in [-0.4, -0.2) is 27.6 Å². The van der Waals surface area contributed by atoms with E-state index in [1.807, 2.05) is 11.8 Å². The number of thiazole rings is 1. The first kappa shape index (κ1) is 9.98. The lowest BCUT2D eigenvalue weighted by Crippen LogP contribution is -2.08. The maximum atomic E-state index is 10.6. The topological polar surface area (TPSA) is 50.2 Å². The van der Waals surface area contributed by atoms with Crippen LogP contribution >= 0.6 is 23.1 Å². The molecule has 2 rings (SSSR count). The number of rotatable bonds is 2. The number of carboxylic acid groups (broad SMARTS) is 1. The Balaban J connectivity index is 2.11. The van der Waals surface area contributed by atoms with Crippen LogP contribution in [0.2, 0.25) is 0 Å². The van der Waals surface area contributed by atoms with Crippen LogP contribution in [-0.2, 0) is 0 Å². The SMILES string of the molecule is O=C(O)c1csc(C2CCSCC2)n1. The van der Waals surface area contributed by atoms with Crippen molar-refractivity contribution in [1.29, 1.82) is 0 Å². The summed E-state index contributed by atoms with van der Waals surface area (Å²) in [5.74, 6) is 1.92. The van der Waals surface area contributed by atoms with E-state index in [9.17, 15) is 4.79 Å². The van der Waals surface area contributed by atoms with Gasteiger partial charge in [0.05, 0.1) is 5.01 Å². The lowest BCUT2D eigenvalue weighted by molar-refractivity contribution is 0.0691. The molecule has 2 heterocycles. The third-order valence-corrected chi connectivity index (χ3v) is 4.37. The molecule has 1 aliphatic rings. The second kappa shape index (κ2) is 4.31. The Labute approximate surface area is 90.6 Å². The van der Waals surface area contributed by atoms with Gasteiger partial charge in [0.15, 0.2) is 5.69 Å². The summed E-state index contributed by atoms with van der Waals surface area (Å²) in [5.41, 5.74) is 0.197. The van der Waals surface area contributed by atoms with Crippen molar-refractivity contribution in [2.75, 3.05) is 11.5 Å². The molecule has 0 aliphatic carbocycles. The van der Waals surface area contributed by atoms with Crippen LogP contribution in [0.5, 0.6) is 0 Å². The molecule has 0 radical (unpaired) electrons. The molecule has 1 aromatic rings. The zero-order valence-electron chi connectivity index (χ0n) is 7.60. The van der Waals surface area contributed by atoms with E-state index >= 15 is 0 Å².